The highest BCUT2D eigenvalue weighted by Crippen LogP contribution is 2.22. The van der Waals surface area contributed by atoms with E-state index in [9.17, 15) is 13.2 Å². The quantitative estimate of drug-likeness (QED) is 0.670. The molecular weight excluding hydrogens is 384 g/mol. The zero-order chi connectivity index (χ0) is 21.7. The van der Waals surface area contributed by atoms with Crippen LogP contribution in [-0.4, -0.2) is 31.7 Å². The van der Waals surface area contributed by atoms with Gasteiger partial charge in [0.2, 0.25) is 15.9 Å². The van der Waals surface area contributed by atoms with Gasteiger partial charge in [0.15, 0.2) is 0 Å². The number of benzene rings is 2. The minimum atomic E-state index is -3.50. The fraction of sp³-hybridized carbons (Fsp3) is 0.348. The van der Waals surface area contributed by atoms with E-state index in [0.29, 0.717) is 18.8 Å². The Balaban J connectivity index is 2.03. The van der Waals surface area contributed by atoms with Crippen LogP contribution < -0.4 is 5.32 Å². The standard InChI is InChI=1S/C23H30N2O3S/c1-6-25(7-2)29(27,28)21-15-13-20(14-16-21)24-22(26)17-10-18-8-11-19(12-9-18)23(3,4)5/h8-17H,6-7H2,1-5H3,(H,24,26)/b17-10+. The second-order valence-electron chi connectivity index (χ2n) is 7.81. The summed E-state index contributed by atoms with van der Waals surface area (Å²) in [6, 6.07) is 14.3. The molecular formula is C23H30N2O3S. The molecule has 0 saturated heterocycles. The molecule has 1 N–H and O–H groups in total. The number of amides is 1. The minimum absolute atomic E-state index is 0.0878. The van der Waals surface area contributed by atoms with Gasteiger partial charge in [-0.25, -0.2) is 8.42 Å². The molecule has 0 unspecified atom stereocenters. The van der Waals surface area contributed by atoms with Crippen molar-refractivity contribution < 1.29 is 13.2 Å². The number of carbonyl (C=O) groups is 1. The second kappa shape index (κ2) is 9.37. The van der Waals surface area contributed by atoms with E-state index in [4.69, 9.17) is 0 Å². The molecule has 0 aromatic heterocycles. The predicted octanol–water partition coefficient (Wildman–Crippen LogP) is 4.67. The van der Waals surface area contributed by atoms with Crippen molar-refractivity contribution in [1.29, 1.82) is 0 Å². The van der Waals surface area contributed by atoms with Gasteiger partial charge >= 0.3 is 0 Å². The Kier molecular flexibility index (Phi) is 7.38. The highest BCUT2D eigenvalue weighted by Gasteiger charge is 2.21. The van der Waals surface area contributed by atoms with Gasteiger partial charge in [0.25, 0.3) is 0 Å². The number of nitrogens with one attached hydrogen (secondary N) is 1. The van der Waals surface area contributed by atoms with E-state index >= 15 is 0 Å². The molecule has 0 aliphatic carbocycles. The van der Waals surface area contributed by atoms with E-state index < -0.39 is 10.0 Å². The number of nitrogens with zero attached hydrogens (tertiary/aromatic N) is 1. The van der Waals surface area contributed by atoms with Crippen molar-refractivity contribution in [1.82, 2.24) is 4.31 Å². The van der Waals surface area contributed by atoms with Crippen LogP contribution in [0, 0.1) is 0 Å². The van der Waals surface area contributed by atoms with Crippen LogP contribution >= 0.6 is 0 Å². The molecule has 0 aliphatic rings. The van der Waals surface area contributed by atoms with Crippen molar-refractivity contribution in [3.63, 3.8) is 0 Å². The highest BCUT2D eigenvalue weighted by atomic mass is 32.2. The van der Waals surface area contributed by atoms with Crippen LogP contribution in [0.2, 0.25) is 0 Å². The van der Waals surface area contributed by atoms with Crippen LogP contribution in [0.5, 0.6) is 0 Å². The smallest absolute Gasteiger partial charge is 0.248 e. The molecule has 5 nitrogen and oxygen atoms in total. The maximum Gasteiger partial charge on any atom is 0.248 e. The summed E-state index contributed by atoms with van der Waals surface area (Å²) in [5.74, 6) is -0.274. The first-order valence-electron chi connectivity index (χ1n) is 9.77. The van der Waals surface area contributed by atoms with Crippen LogP contribution in [0.3, 0.4) is 0 Å². The SMILES string of the molecule is CCN(CC)S(=O)(=O)c1ccc(NC(=O)/C=C/c2ccc(C(C)(C)C)cc2)cc1. The highest BCUT2D eigenvalue weighted by molar-refractivity contribution is 7.89. The lowest BCUT2D eigenvalue weighted by atomic mass is 9.87. The predicted molar refractivity (Wildman–Crippen MR) is 119 cm³/mol. The van der Waals surface area contributed by atoms with Crippen molar-refractivity contribution in [3.05, 3.63) is 65.7 Å². The summed E-state index contributed by atoms with van der Waals surface area (Å²) in [4.78, 5) is 12.4. The topological polar surface area (TPSA) is 66.5 Å². The van der Waals surface area contributed by atoms with Gasteiger partial charge in [-0.2, -0.15) is 4.31 Å². The zero-order valence-corrected chi connectivity index (χ0v) is 18.6. The lowest BCUT2D eigenvalue weighted by Crippen LogP contribution is -2.30. The molecule has 6 heteroatoms. The van der Waals surface area contributed by atoms with Crippen LogP contribution in [-0.2, 0) is 20.2 Å². The molecule has 0 fully saturated rings. The summed E-state index contributed by atoms with van der Waals surface area (Å²) in [6.45, 7) is 10.9. The molecule has 2 aromatic rings. The third-order valence-electron chi connectivity index (χ3n) is 4.67. The first-order chi connectivity index (χ1) is 13.6. The van der Waals surface area contributed by atoms with Gasteiger partial charge in [0, 0.05) is 24.9 Å². The Morgan fingerprint density at radius 1 is 0.966 bits per heavy atom. The fourth-order valence-corrected chi connectivity index (χ4v) is 4.33. The number of rotatable bonds is 7. The van der Waals surface area contributed by atoms with Crippen LogP contribution in [0.4, 0.5) is 5.69 Å². The first kappa shape index (κ1) is 22.8. The molecule has 2 rings (SSSR count). The monoisotopic (exact) mass is 414 g/mol. The van der Waals surface area contributed by atoms with Gasteiger partial charge in [-0.05, 0) is 46.9 Å². The molecule has 0 bridgehead atoms. The van der Waals surface area contributed by atoms with Crippen molar-refractivity contribution in [2.24, 2.45) is 0 Å². The maximum absolute atomic E-state index is 12.5. The largest absolute Gasteiger partial charge is 0.323 e. The Hall–Kier alpha value is -2.44. The summed E-state index contributed by atoms with van der Waals surface area (Å²) in [7, 11) is -3.50. The molecule has 156 valence electrons. The molecule has 1 amide bonds. The van der Waals surface area contributed by atoms with Gasteiger partial charge in [0.05, 0.1) is 4.90 Å². The number of sulfonamides is 1. The van der Waals surface area contributed by atoms with Crippen LogP contribution in [0.25, 0.3) is 6.08 Å². The average molecular weight is 415 g/mol. The lowest BCUT2D eigenvalue weighted by molar-refractivity contribution is -0.111. The Morgan fingerprint density at radius 2 is 1.52 bits per heavy atom. The molecule has 0 aliphatic heterocycles. The van der Waals surface area contributed by atoms with E-state index in [1.54, 1.807) is 32.1 Å². The van der Waals surface area contributed by atoms with Crippen molar-refractivity contribution in [3.8, 4) is 0 Å². The molecule has 0 radical (unpaired) electrons. The third kappa shape index (κ3) is 6.02. The minimum Gasteiger partial charge on any atom is -0.323 e. The number of hydrogen-bond acceptors (Lipinski definition) is 3. The summed E-state index contributed by atoms with van der Waals surface area (Å²) >= 11 is 0. The summed E-state index contributed by atoms with van der Waals surface area (Å²) in [6.07, 6.45) is 3.22. The van der Waals surface area contributed by atoms with Gasteiger partial charge < -0.3 is 5.32 Å². The Morgan fingerprint density at radius 3 is 2.00 bits per heavy atom. The number of anilines is 1. The van der Waals surface area contributed by atoms with Crippen molar-refractivity contribution >= 4 is 27.7 Å². The van der Waals surface area contributed by atoms with E-state index in [0.717, 1.165) is 5.56 Å². The first-order valence-corrected chi connectivity index (χ1v) is 11.2. The van der Waals surface area contributed by atoms with Gasteiger partial charge in [-0.15, -0.1) is 0 Å². The Bertz CT molecular complexity index is 951. The van der Waals surface area contributed by atoms with E-state index in [-0.39, 0.29) is 16.2 Å². The number of hydrogen-bond donors (Lipinski definition) is 1. The lowest BCUT2D eigenvalue weighted by Gasteiger charge is -2.18. The zero-order valence-electron chi connectivity index (χ0n) is 17.8. The molecule has 29 heavy (non-hydrogen) atoms. The molecule has 2 aromatic carbocycles. The second-order valence-corrected chi connectivity index (χ2v) is 9.75. The maximum atomic E-state index is 12.5. The van der Waals surface area contributed by atoms with E-state index in [1.807, 2.05) is 12.1 Å². The molecule has 0 atom stereocenters. The third-order valence-corrected chi connectivity index (χ3v) is 6.73. The van der Waals surface area contributed by atoms with Gasteiger partial charge in [-0.3, -0.25) is 4.79 Å². The number of carbonyl (C=O) groups excluding carboxylic acids is 1. The average Bonchev–Trinajstić information content (AvgIpc) is 2.67. The molecule has 0 spiro atoms. The van der Waals surface area contributed by atoms with Crippen molar-refractivity contribution in [2.75, 3.05) is 18.4 Å². The Labute approximate surface area is 174 Å². The van der Waals surface area contributed by atoms with E-state index in [2.05, 4.69) is 38.2 Å². The summed E-state index contributed by atoms with van der Waals surface area (Å²) < 4.78 is 26.4. The van der Waals surface area contributed by atoms with Gasteiger partial charge in [0.1, 0.15) is 0 Å². The van der Waals surface area contributed by atoms with Gasteiger partial charge in [-0.1, -0.05) is 58.9 Å². The summed E-state index contributed by atoms with van der Waals surface area (Å²) in [5, 5.41) is 2.75. The van der Waals surface area contributed by atoms with E-state index in [1.165, 1.54) is 28.1 Å². The molecule has 0 heterocycles. The summed E-state index contributed by atoms with van der Waals surface area (Å²) in [5.41, 5.74) is 2.80. The van der Waals surface area contributed by atoms with Crippen LogP contribution in [0.15, 0.2) is 59.5 Å². The van der Waals surface area contributed by atoms with Crippen molar-refractivity contribution in [2.45, 2.75) is 44.9 Å². The fourth-order valence-electron chi connectivity index (χ4n) is 2.87. The molecule has 0 saturated carbocycles. The normalized spacial score (nSPS) is 12.5. The van der Waals surface area contributed by atoms with Crippen LogP contribution in [0.1, 0.15) is 45.7 Å².